The topological polar surface area (TPSA) is 0 Å². The summed E-state index contributed by atoms with van der Waals surface area (Å²) in [6.07, 6.45) is 7.53. The highest BCUT2D eigenvalue weighted by molar-refractivity contribution is 5.16. The van der Waals surface area contributed by atoms with Gasteiger partial charge >= 0.3 is 0 Å². The van der Waals surface area contributed by atoms with E-state index in [1.165, 1.54) is 0 Å². The summed E-state index contributed by atoms with van der Waals surface area (Å²) in [4.78, 5) is 0. The highest BCUT2D eigenvalue weighted by atomic mass is 19.1. The van der Waals surface area contributed by atoms with Crippen molar-refractivity contribution in [2.45, 2.75) is 19.0 Å². The Labute approximate surface area is 48.7 Å². The zero-order valence-electron chi connectivity index (χ0n) is 4.89. The third-order valence-corrected chi connectivity index (χ3v) is 1.21. The molecule has 0 saturated heterocycles. The lowest BCUT2D eigenvalue weighted by Crippen LogP contribution is -2.13. The fourth-order valence-electron chi connectivity index (χ4n) is 0.701. The molecular weight excluding hydrogens is 103 g/mol. The maximum Gasteiger partial charge on any atom is 0.130 e. The Hall–Kier alpha value is -0.590. The van der Waals surface area contributed by atoms with Crippen molar-refractivity contribution in [2.24, 2.45) is 0 Å². The van der Waals surface area contributed by atoms with Crippen LogP contribution >= 0.6 is 0 Å². The largest absolute Gasteiger partial charge is 0.239 e. The van der Waals surface area contributed by atoms with E-state index < -0.39 is 5.67 Å². The van der Waals surface area contributed by atoms with Gasteiger partial charge in [-0.2, -0.15) is 0 Å². The van der Waals surface area contributed by atoms with Gasteiger partial charge in [-0.1, -0.05) is 18.2 Å². The van der Waals surface area contributed by atoms with E-state index in [9.17, 15) is 4.39 Å². The molecule has 1 rings (SSSR count). The summed E-state index contributed by atoms with van der Waals surface area (Å²) in [7, 11) is 0. The van der Waals surface area contributed by atoms with Crippen molar-refractivity contribution < 1.29 is 4.39 Å². The minimum Gasteiger partial charge on any atom is -0.239 e. The van der Waals surface area contributed by atoms with Crippen LogP contribution in [0.4, 0.5) is 4.39 Å². The lowest BCUT2D eigenvalue weighted by molar-refractivity contribution is 0.259. The second kappa shape index (κ2) is 1.73. The Morgan fingerprint density at radius 2 is 2.25 bits per heavy atom. The Kier molecular flexibility index (Phi) is 1.20. The summed E-state index contributed by atoms with van der Waals surface area (Å²) >= 11 is 0. The SMILES string of the molecule is C[C@]1(F)C=CC=CC1. The molecule has 1 heteroatoms. The number of hydrogen-bond acceptors (Lipinski definition) is 0. The van der Waals surface area contributed by atoms with Crippen molar-refractivity contribution in [1.29, 1.82) is 0 Å². The van der Waals surface area contributed by atoms with E-state index in [4.69, 9.17) is 0 Å². The molecular formula is C7H9F. The zero-order chi connectivity index (χ0) is 6.04. The average Bonchev–Trinajstić information content (AvgIpc) is 1.65. The molecule has 1 aliphatic carbocycles. The molecule has 1 atom stereocenters. The highest BCUT2D eigenvalue weighted by Gasteiger charge is 2.17. The van der Waals surface area contributed by atoms with E-state index in [1.807, 2.05) is 12.2 Å². The summed E-state index contributed by atoms with van der Waals surface area (Å²) in [5.41, 5.74) is -1.09. The molecule has 0 radical (unpaired) electrons. The fraction of sp³-hybridized carbons (Fsp3) is 0.429. The van der Waals surface area contributed by atoms with Crippen LogP contribution < -0.4 is 0 Å². The van der Waals surface area contributed by atoms with Crippen molar-refractivity contribution in [3.05, 3.63) is 24.3 Å². The molecule has 0 aliphatic heterocycles. The van der Waals surface area contributed by atoms with Gasteiger partial charge in [0.1, 0.15) is 5.67 Å². The Bertz CT molecular complexity index is 131. The van der Waals surface area contributed by atoms with E-state index >= 15 is 0 Å². The summed E-state index contributed by atoms with van der Waals surface area (Å²) in [6.45, 7) is 1.58. The third kappa shape index (κ3) is 1.19. The maximum atomic E-state index is 12.7. The van der Waals surface area contributed by atoms with Gasteiger partial charge in [-0.15, -0.1) is 0 Å². The van der Waals surface area contributed by atoms with Crippen LogP contribution in [0.25, 0.3) is 0 Å². The van der Waals surface area contributed by atoms with Crippen LogP contribution in [0.2, 0.25) is 0 Å². The van der Waals surface area contributed by atoms with Crippen LogP contribution in [0.5, 0.6) is 0 Å². The lowest BCUT2D eigenvalue weighted by Gasteiger charge is -2.14. The van der Waals surface area contributed by atoms with Gasteiger partial charge in [-0.05, 0) is 13.0 Å². The van der Waals surface area contributed by atoms with Gasteiger partial charge in [-0.3, -0.25) is 0 Å². The number of allylic oxidation sites excluding steroid dienone is 4. The summed E-state index contributed by atoms with van der Waals surface area (Å²) in [6, 6.07) is 0. The monoisotopic (exact) mass is 112 g/mol. The van der Waals surface area contributed by atoms with Gasteiger partial charge in [0.05, 0.1) is 0 Å². The Morgan fingerprint density at radius 1 is 1.50 bits per heavy atom. The first-order valence-corrected chi connectivity index (χ1v) is 2.74. The predicted octanol–water partition coefficient (Wildman–Crippen LogP) is 2.23. The molecule has 0 N–H and O–H groups in total. The minimum absolute atomic E-state index is 0.517. The smallest absolute Gasteiger partial charge is 0.130 e. The normalized spacial score (nSPS) is 35.8. The van der Waals surface area contributed by atoms with Crippen molar-refractivity contribution in [1.82, 2.24) is 0 Å². The van der Waals surface area contributed by atoms with E-state index in [0.717, 1.165) is 0 Å². The predicted molar refractivity (Wildman–Crippen MR) is 32.4 cm³/mol. The van der Waals surface area contributed by atoms with Crippen molar-refractivity contribution in [3.8, 4) is 0 Å². The van der Waals surface area contributed by atoms with Crippen LogP contribution in [0.3, 0.4) is 0 Å². The minimum atomic E-state index is -1.09. The molecule has 8 heavy (non-hydrogen) atoms. The van der Waals surface area contributed by atoms with Gasteiger partial charge < -0.3 is 0 Å². The highest BCUT2D eigenvalue weighted by Crippen LogP contribution is 2.20. The van der Waals surface area contributed by atoms with Gasteiger partial charge in [0.15, 0.2) is 0 Å². The quantitative estimate of drug-likeness (QED) is 0.450. The molecule has 0 aromatic rings. The van der Waals surface area contributed by atoms with Gasteiger partial charge in [0.2, 0.25) is 0 Å². The first kappa shape index (κ1) is 5.54. The molecule has 0 fully saturated rings. The fourth-order valence-corrected chi connectivity index (χ4v) is 0.701. The molecule has 44 valence electrons. The molecule has 0 aromatic heterocycles. The number of hydrogen-bond donors (Lipinski definition) is 0. The first-order chi connectivity index (χ1) is 3.71. The zero-order valence-corrected chi connectivity index (χ0v) is 4.89. The Morgan fingerprint density at radius 3 is 2.50 bits per heavy atom. The van der Waals surface area contributed by atoms with Crippen LogP contribution in [-0.2, 0) is 0 Å². The maximum absolute atomic E-state index is 12.7. The lowest BCUT2D eigenvalue weighted by atomic mass is 10.0. The molecule has 0 saturated carbocycles. The number of rotatable bonds is 0. The molecule has 0 unspecified atom stereocenters. The molecule has 0 spiro atoms. The second-order valence-corrected chi connectivity index (χ2v) is 2.27. The first-order valence-electron chi connectivity index (χ1n) is 2.74. The summed E-state index contributed by atoms with van der Waals surface area (Å²) < 4.78 is 12.7. The van der Waals surface area contributed by atoms with Crippen LogP contribution in [0, 0.1) is 0 Å². The van der Waals surface area contributed by atoms with Crippen molar-refractivity contribution >= 4 is 0 Å². The molecule has 0 heterocycles. The molecule has 0 nitrogen and oxygen atoms in total. The van der Waals surface area contributed by atoms with E-state index in [2.05, 4.69) is 0 Å². The Balaban J connectivity index is 2.65. The van der Waals surface area contributed by atoms with Crippen molar-refractivity contribution in [2.75, 3.05) is 0 Å². The van der Waals surface area contributed by atoms with E-state index in [-0.39, 0.29) is 0 Å². The van der Waals surface area contributed by atoms with Gasteiger partial charge in [0, 0.05) is 6.42 Å². The molecule has 0 bridgehead atoms. The van der Waals surface area contributed by atoms with Crippen LogP contribution in [0.15, 0.2) is 24.3 Å². The number of alkyl halides is 1. The molecule has 0 aromatic carbocycles. The van der Waals surface area contributed by atoms with Gasteiger partial charge in [0.25, 0.3) is 0 Å². The van der Waals surface area contributed by atoms with Crippen molar-refractivity contribution in [3.63, 3.8) is 0 Å². The standard InChI is InChI=1S/C7H9F/c1-7(8)5-3-2-4-6-7/h2-5H,6H2,1H3/t7-/m0/s1. The molecule has 0 amide bonds. The molecule has 1 aliphatic rings. The van der Waals surface area contributed by atoms with E-state index in [1.54, 1.807) is 19.1 Å². The van der Waals surface area contributed by atoms with Crippen LogP contribution in [0.1, 0.15) is 13.3 Å². The third-order valence-electron chi connectivity index (χ3n) is 1.21. The number of halogens is 1. The average molecular weight is 112 g/mol. The van der Waals surface area contributed by atoms with Crippen LogP contribution in [-0.4, -0.2) is 5.67 Å². The van der Waals surface area contributed by atoms with Gasteiger partial charge in [-0.25, -0.2) is 4.39 Å². The van der Waals surface area contributed by atoms with E-state index in [0.29, 0.717) is 6.42 Å². The second-order valence-electron chi connectivity index (χ2n) is 2.27. The summed E-state index contributed by atoms with van der Waals surface area (Å²) in [5, 5.41) is 0. The summed E-state index contributed by atoms with van der Waals surface area (Å²) in [5.74, 6) is 0.